The van der Waals surface area contributed by atoms with Crippen LogP contribution in [0.1, 0.15) is 30.1 Å². The molecule has 0 aliphatic carbocycles. The summed E-state index contributed by atoms with van der Waals surface area (Å²) >= 11 is 0. The molecule has 4 N–H and O–H groups in total. The van der Waals surface area contributed by atoms with Crippen molar-refractivity contribution >= 4 is 29.5 Å². The summed E-state index contributed by atoms with van der Waals surface area (Å²) in [5, 5.41) is 22.7. The second kappa shape index (κ2) is 9.91. The number of benzene rings is 1. The molecule has 0 radical (unpaired) electrons. The predicted octanol–water partition coefficient (Wildman–Crippen LogP) is 0.709. The van der Waals surface area contributed by atoms with E-state index in [1.807, 2.05) is 0 Å². The van der Waals surface area contributed by atoms with Gasteiger partial charge in [0.05, 0.1) is 6.61 Å². The van der Waals surface area contributed by atoms with E-state index in [0.29, 0.717) is 5.69 Å². The number of hydrogen-bond acceptors (Lipinski definition) is 6. The fourth-order valence-electron chi connectivity index (χ4n) is 1.89. The molecule has 0 aliphatic rings. The van der Waals surface area contributed by atoms with Gasteiger partial charge in [0.15, 0.2) is 0 Å². The molecular formula is C16H20N2O7. The van der Waals surface area contributed by atoms with Crippen molar-refractivity contribution in [1.29, 1.82) is 0 Å². The fraction of sp³-hybridized carbons (Fsp3) is 0.375. The van der Waals surface area contributed by atoms with Crippen LogP contribution in [0.5, 0.6) is 0 Å². The standard InChI is InChI=1S/C16H20N2O7/c1-2-25-14(21)9-17-11-5-3-10(4-6-11)15(22)18-12(16(23)24)7-8-13(19)20/h3-6,12,17H,2,7-9H2,1H3,(H,18,22)(H,19,20)(H,23,24)/t12-/m0/s1. The SMILES string of the molecule is CCOC(=O)CNc1ccc(C(=O)N[C@@H](CCC(=O)O)C(=O)O)cc1. The Morgan fingerprint density at radius 3 is 2.28 bits per heavy atom. The van der Waals surface area contributed by atoms with Crippen molar-refractivity contribution in [2.45, 2.75) is 25.8 Å². The van der Waals surface area contributed by atoms with Crippen LogP contribution in [0, 0.1) is 0 Å². The van der Waals surface area contributed by atoms with Crippen LogP contribution in [0.25, 0.3) is 0 Å². The summed E-state index contributed by atoms with van der Waals surface area (Å²) in [6.07, 6.45) is -0.580. The third-order valence-corrected chi connectivity index (χ3v) is 3.14. The van der Waals surface area contributed by atoms with E-state index < -0.39 is 29.9 Å². The first kappa shape index (κ1) is 19.9. The quantitative estimate of drug-likeness (QED) is 0.451. The second-order valence-electron chi connectivity index (χ2n) is 5.03. The van der Waals surface area contributed by atoms with Gasteiger partial charge in [0.1, 0.15) is 12.6 Å². The largest absolute Gasteiger partial charge is 0.481 e. The number of aliphatic carboxylic acids is 2. The van der Waals surface area contributed by atoms with Crippen molar-refractivity contribution in [3.8, 4) is 0 Å². The van der Waals surface area contributed by atoms with Gasteiger partial charge in [-0.15, -0.1) is 0 Å². The molecule has 136 valence electrons. The van der Waals surface area contributed by atoms with Gasteiger partial charge in [0.25, 0.3) is 5.91 Å². The molecule has 1 rings (SSSR count). The van der Waals surface area contributed by atoms with Gasteiger partial charge in [-0.05, 0) is 37.6 Å². The summed E-state index contributed by atoms with van der Waals surface area (Å²) in [6, 6.07) is 4.74. The van der Waals surface area contributed by atoms with Gasteiger partial charge in [0, 0.05) is 17.7 Å². The Bertz CT molecular complexity index is 628. The molecule has 25 heavy (non-hydrogen) atoms. The maximum Gasteiger partial charge on any atom is 0.326 e. The smallest absolute Gasteiger partial charge is 0.326 e. The number of hydrogen-bond donors (Lipinski definition) is 4. The van der Waals surface area contributed by atoms with Gasteiger partial charge >= 0.3 is 17.9 Å². The van der Waals surface area contributed by atoms with Crippen LogP contribution in [-0.2, 0) is 19.1 Å². The molecule has 0 fully saturated rings. The van der Waals surface area contributed by atoms with Crippen molar-refractivity contribution in [3.63, 3.8) is 0 Å². The molecule has 0 unspecified atom stereocenters. The first-order chi connectivity index (χ1) is 11.8. The number of carbonyl (C=O) groups is 4. The first-order valence-corrected chi connectivity index (χ1v) is 7.58. The Morgan fingerprint density at radius 1 is 1.12 bits per heavy atom. The molecule has 0 aromatic heterocycles. The number of carboxylic acids is 2. The fourth-order valence-corrected chi connectivity index (χ4v) is 1.89. The number of anilines is 1. The Morgan fingerprint density at radius 2 is 1.76 bits per heavy atom. The van der Waals surface area contributed by atoms with E-state index in [1.165, 1.54) is 12.1 Å². The molecule has 9 heteroatoms. The summed E-state index contributed by atoms with van der Waals surface area (Å²) in [5.74, 6) is -3.48. The summed E-state index contributed by atoms with van der Waals surface area (Å²) in [5.41, 5.74) is 0.800. The van der Waals surface area contributed by atoms with E-state index in [2.05, 4.69) is 10.6 Å². The number of amides is 1. The number of nitrogens with one attached hydrogen (secondary N) is 2. The van der Waals surface area contributed by atoms with Gasteiger partial charge in [-0.25, -0.2) is 4.79 Å². The third kappa shape index (κ3) is 7.34. The van der Waals surface area contributed by atoms with Crippen LogP contribution >= 0.6 is 0 Å². The zero-order chi connectivity index (χ0) is 18.8. The van der Waals surface area contributed by atoms with Crippen molar-refractivity contribution in [2.24, 2.45) is 0 Å². The normalized spacial score (nSPS) is 11.2. The van der Waals surface area contributed by atoms with Crippen LogP contribution in [0.15, 0.2) is 24.3 Å². The molecule has 0 saturated heterocycles. The van der Waals surface area contributed by atoms with E-state index >= 15 is 0 Å². The van der Waals surface area contributed by atoms with Crippen molar-refractivity contribution in [3.05, 3.63) is 29.8 Å². The van der Waals surface area contributed by atoms with Crippen molar-refractivity contribution in [1.82, 2.24) is 5.32 Å². The Kier molecular flexibility index (Phi) is 7.91. The average molecular weight is 352 g/mol. The maximum absolute atomic E-state index is 12.1. The Hall–Kier alpha value is -3.10. The lowest BCUT2D eigenvalue weighted by molar-refractivity contribution is -0.142. The molecule has 1 aromatic carbocycles. The molecule has 0 saturated carbocycles. The van der Waals surface area contributed by atoms with E-state index in [9.17, 15) is 19.2 Å². The first-order valence-electron chi connectivity index (χ1n) is 7.58. The molecule has 1 aromatic rings. The maximum atomic E-state index is 12.1. The molecule has 0 heterocycles. The Balaban J connectivity index is 2.61. The predicted molar refractivity (Wildman–Crippen MR) is 87.3 cm³/mol. The number of carbonyl (C=O) groups excluding carboxylic acids is 2. The molecule has 9 nitrogen and oxygen atoms in total. The topological polar surface area (TPSA) is 142 Å². The minimum atomic E-state index is -1.30. The van der Waals surface area contributed by atoms with E-state index in [-0.39, 0.29) is 31.6 Å². The lowest BCUT2D eigenvalue weighted by Gasteiger charge is -2.14. The molecular weight excluding hydrogens is 332 g/mol. The second-order valence-corrected chi connectivity index (χ2v) is 5.03. The van der Waals surface area contributed by atoms with Gasteiger partial charge in [-0.3, -0.25) is 14.4 Å². The summed E-state index contributed by atoms with van der Waals surface area (Å²) in [6.45, 7) is 1.97. The van der Waals surface area contributed by atoms with Gasteiger partial charge in [-0.1, -0.05) is 0 Å². The monoisotopic (exact) mass is 352 g/mol. The van der Waals surface area contributed by atoms with Gasteiger partial charge < -0.3 is 25.6 Å². The van der Waals surface area contributed by atoms with Gasteiger partial charge in [0.2, 0.25) is 0 Å². The minimum absolute atomic E-state index is 0.0182. The van der Waals surface area contributed by atoms with E-state index in [0.717, 1.165) is 0 Å². The highest BCUT2D eigenvalue weighted by Crippen LogP contribution is 2.10. The van der Waals surface area contributed by atoms with Gasteiger partial charge in [-0.2, -0.15) is 0 Å². The van der Waals surface area contributed by atoms with Crippen LogP contribution in [0.2, 0.25) is 0 Å². The molecule has 0 bridgehead atoms. The highest BCUT2D eigenvalue weighted by Gasteiger charge is 2.21. The van der Waals surface area contributed by atoms with Crippen LogP contribution in [0.4, 0.5) is 5.69 Å². The average Bonchev–Trinajstić information content (AvgIpc) is 2.56. The lowest BCUT2D eigenvalue weighted by atomic mass is 10.1. The molecule has 0 aliphatic heterocycles. The van der Waals surface area contributed by atoms with E-state index in [4.69, 9.17) is 14.9 Å². The zero-order valence-corrected chi connectivity index (χ0v) is 13.7. The van der Waals surface area contributed by atoms with Crippen molar-refractivity contribution < 1.29 is 34.1 Å². The summed E-state index contributed by atoms with van der Waals surface area (Å²) in [4.78, 5) is 44.9. The lowest BCUT2D eigenvalue weighted by Crippen LogP contribution is -2.41. The highest BCUT2D eigenvalue weighted by molar-refractivity contribution is 5.97. The molecule has 1 atom stereocenters. The molecule has 1 amide bonds. The van der Waals surface area contributed by atoms with Crippen molar-refractivity contribution in [2.75, 3.05) is 18.5 Å². The number of esters is 1. The third-order valence-electron chi connectivity index (χ3n) is 3.14. The van der Waals surface area contributed by atoms with Crippen LogP contribution in [-0.4, -0.2) is 53.2 Å². The number of carboxylic acid groups (broad SMARTS) is 2. The van der Waals surface area contributed by atoms with E-state index in [1.54, 1.807) is 19.1 Å². The highest BCUT2D eigenvalue weighted by atomic mass is 16.5. The Labute approximate surface area is 144 Å². The summed E-state index contributed by atoms with van der Waals surface area (Å²) < 4.78 is 4.77. The minimum Gasteiger partial charge on any atom is -0.481 e. The zero-order valence-electron chi connectivity index (χ0n) is 13.7. The van der Waals surface area contributed by atoms with Crippen LogP contribution in [0.3, 0.4) is 0 Å². The number of ether oxygens (including phenoxy) is 1. The molecule has 0 spiro atoms. The number of rotatable bonds is 10. The summed E-state index contributed by atoms with van der Waals surface area (Å²) in [7, 11) is 0. The van der Waals surface area contributed by atoms with Crippen LogP contribution < -0.4 is 10.6 Å².